The number of hydrogen-bond acceptors (Lipinski definition) is 5. The van der Waals surface area contributed by atoms with Gasteiger partial charge in [-0.25, -0.2) is 15.1 Å². The first-order chi connectivity index (χ1) is 6.68. The summed E-state index contributed by atoms with van der Waals surface area (Å²) in [5.41, 5.74) is 0. The van der Waals surface area contributed by atoms with E-state index in [0.29, 0.717) is 0 Å². The Balaban J connectivity index is 3.77. The van der Waals surface area contributed by atoms with Gasteiger partial charge in [-0.1, -0.05) is 31.2 Å². The van der Waals surface area contributed by atoms with Gasteiger partial charge in [0.05, 0.1) is 6.61 Å². The Morgan fingerprint density at radius 2 is 2.00 bits per heavy atom. The third kappa shape index (κ3) is 6.07. The molecular formula is C8H16NO4P. The van der Waals surface area contributed by atoms with Gasteiger partial charge in [0.25, 0.3) is 0 Å². The van der Waals surface area contributed by atoms with Crippen LogP contribution in [0.15, 0.2) is 24.3 Å². The summed E-state index contributed by atoms with van der Waals surface area (Å²) in [6, 6.07) is 0. The molecular weight excluding hydrogens is 205 g/mol. The zero-order valence-corrected chi connectivity index (χ0v) is 9.28. The van der Waals surface area contributed by atoms with Crippen molar-refractivity contribution in [1.29, 1.82) is 0 Å². The Hall–Kier alpha value is -0.450. The van der Waals surface area contributed by atoms with Gasteiger partial charge in [0.1, 0.15) is 0 Å². The maximum Gasteiger partial charge on any atom is 0.491 e. The minimum absolute atomic E-state index is 0.121. The van der Waals surface area contributed by atoms with E-state index in [1.807, 2.05) is 19.1 Å². The van der Waals surface area contributed by atoms with Crippen LogP contribution < -0.4 is 5.90 Å². The van der Waals surface area contributed by atoms with Crippen LogP contribution in [0.4, 0.5) is 0 Å². The number of allylic oxidation sites excluding steroid dienone is 3. The normalized spacial score (nSPS) is 16.5. The molecule has 0 saturated heterocycles. The Labute approximate surface area is 84.1 Å². The van der Waals surface area contributed by atoms with E-state index in [0.717, 1.165) is 6.42 Å². The molecule has 0 aromatic rings. The lowest BCUT2D eigenvalue weighted by atomic mass is 10.4. The molecule has 0 spiro atoms. The van der Waals surface area contributed by atoms with Crippen LogP contribution in [0, 0.1) is 0 Å². The van der Waals surface area contributed by atoms with Gasteiger partial charge in [-0.2, -0.15) is 0 Å². The highest BCUT2D eigenvalue weighted by Gasteiger charge is 2.22. The molecule has 2 N–H and O–H groups in total. The fourth-order valence-electron chi connectivity index (χ4n) is 0.609. The highest BCUT2D eigenvalue weighted by Crippen LogP contribution is 2.46. The lowest BCUT2D eigenvalue weighted by Crippen LogP contribution is -2.02. The van der Waals surface area contributed by atoms with Gasteiger partial charge < -0.3 is 0 Å². The van der Waals surface area contributed by atoms with E-state index < -0.39 is 7.82 Å². The highest BCUT2D eigenvalue weighted by molar-refractivity contribution is 7.48. The average molecular weight is 221 g/mol. The SMILES string of the molecule is CC/C=C\C=C/COP(=O)(OC)ON. The summed E-state index contributed by atoms with van der Waals surface area (Å²) in [6.07, 6.45) is 8.26. The molecule has 0 saturated carbocycles. The van der Waals surface area contributed by atoms with Crippen LogP contribution in [0.2, 0.25) is 0 Å². The van der Waals surface area contributed by atoms with Crippen molar-refractivity contribution in [3.05, 3.63) is 24.3 Å². The molecule has 14 heavy (non-hydrogen) atoms. The molecule has 0 aliphatic heterocycles. The molecule has 5 nitrogen and oxygen atoms in total. The van der Waals surface area contributed by atoms with Crippen LogP contribution in [-0.2, 0) is 18.2 Å². The van der Waals surface area contributed by atoms with E-state index in [4.69, 9.17) is 10.4 Å². The van der Waals surface area contributed by atoms with Crippen molar-refractivity contribution in [2.75, 3.05) is 13.7 Å². The monoisotopic (exact) mass is 221 g/mol. The highest BCUT2D eigenvalue weighted by atomic mass is 31.2. The summed E-state index contributed by atoms with van der Waals surface area (Å²) in [4.78, 5) is 0. The number of hydrogen-bond donors (Lipinski definition) is 1. The van der Waals surface area contributed by atoms with Gasteiger partial charge in [0.15, 0.2) is 0 Å². The van der Waals surface area contributed by atoms with Crippen molar-refractivity contribution < 1.29 is 18.2 Å². The minimum atomic E-state index is -3.53. The van der Waals surface area contributed by atoms with Gasteiger partial charge in [-0.3, -0.25) is 9.05 Å². The second-order valence-corrected chi connectivity index (χ2v) is 4.02. The van der Waals surface area contributed by atoms with Gasteiger partial charge >= 0.3 is 7.82 Å². The van der Waals surface area contributed by atoms with E-state index in [1.165, 1.54) is 7.11 Å². The molecule has 0 radical (unpaired) electrons. The molecule has 0 aliphatic carbocycles. The van der Waals surface area contributed by atoms with Crippen molar-refractivity contribution >= 4 is 7.82 Å². The zero-order chi connectivity index (χ0) is 10.9. The Bertz CT molecular complexity index is 231. The lowest BCUT2D eigenvalue weighted by Gasteiger charge is -2.10. The quantitative estimate of drug-likeness (QED) is 0.405. The fraction of sp³-hybridized carbons (Fsp3) is 0.500. The summed E-state index contributed by atoms with van der Waals surface area (Å²) in [5.74, 6) is 4.73. The van der Waals surface area contributed by atoms with Crippen molar-refractivity contribution in [1.82, 2.24) is 0 Å². The van der Waals surface area contributed by atoms with Crippen LogP contribution in [0.3, 0.4) is 0 Å². The Kier molecular flexibility index (Phi) is 7.65. The first-order valence-corrected chi connectivity index (χ1v) is 5.65. The third-order valence-corrected chi connectivity index (χ3v) is 2.47. The predicted octanol–water partition coefficient (Wildman–Crippen LogP) is 2.17. The third-order valence-electron chi connectivity index (χ3n) is 1.30. The molecule has 0 amide bonds. The molecule has 82 valence electrons. The van der Waals surface area contributed by atoms with E-state index in [1.54, 1.807) is 12.2 Å². The van der Waals surface area contributed by atoms with Crippen LogP contribution in [0.5, 0.6) is 0 Å². The summed E-state index contributed by atoms with van der Waals surface area (Å²) in [7, 11) is -2.33. The molecule has 6 heteroatoms. The molecule has 0 fully saturated rings. The van der Waals surface area contributed by atoms with Crippen LogP contribution >= 0.6 is 7.82 Å². The Morgan fingerprint density at radius 3 is 2.50 bits per heavy atom. The number of phosphoric ester groups is 1. The number of rotatable bonds is 7. The predicted molar refractivity (Wildman–Crippen MR) is 54.4 cm³/mol. The summed E-state index contributed by atoms with van der Waals surface area (Å²) in [6.45, 7) is 2.15. The smallest absolute Gasteiger partial charge is 0.289 e. The van der Waals surface area contributed by atoms with Gasteiger partial charge in [-0.05, 0) is 6.42 Å². The van der Waals surface area contributed by atoms with Crippen LogP contribution in [0.1, 0.15) is 13.3 Å². The molecule has 0 aromatic heterocycles. The van der Waals surface area contributed by atoms with E-state index in [9.17, 15) is 4.57 Å². The summed E-state index contributed by atoms with van der Waals surface area (Å²) in [5, 5.41) is 0. The molecule has 0 aliphatic rings. The van der Waals surface area contributed by atoms with Gasteiger partial charge in [0.2, 0.25) is 0 Å². The lowest BCUT2D eigenvalue weighted by molar-refractivity contribution is 0.142. The number of nitrogens with two attached hydrogens (primary N) is 1. The maximum atomic E-state index is 11.2. The molecule has 0 heterocycles. The first-order valence-electron chi connectivity index (χ1n) is 4.19. The molecule has 0 rings (SSSR count). The molecule has 1 unspecified atom stereocenters. The molecule has 1 atom stereocenters. The second-order valence-electron chi connectivity index (χ2n) is 2.30. The summed E-state index contributed by atoms with van der Waals surface area (Å²) >= 11 is 0. The Morgan fingerprint density at radius 1 is 1.36 bits per heavy atom. The van der Waals surface area contributed by atoms with Crippen LogP contribution in [0.25, 0.3) is 0 Å². The molecule has 0 bridgehead atoms. The average Bonchev–Trinajstić information content (AvgIpc) is 2.23. The van der Waals surface area contributed by atoms with Crippen molar-refractivity contribution in [3.63, 3.8) is 0 Å². The van der Waals surface area contributed by atoms with Crippen molar-refractivity contribution in [2.45, 2.75) is 13.3 Å². The maximum absolute atomic E-state index is 11.2. The second kappa shape index (κ2) is 7.91. The zero-order valence-electron chi connectivity index (χ0n) is 8.38. The van der Waals surface area contributed by atoms with Crippen molar-refractivity contribution in [3.8, 4) is 0 Å². The largest absolute Gasteiger partial charge is 0.491 e. The van der Waals surface area contributed by atoms with Gasteiger partial charge in [-0.15, -0.1) is 0 Å². The molecule has 0 aromatic carbocycles. The van der Waals surface area contributed by atoms with Crippen LogP contribution in [-0.4, -0.2) is 13.7 Å². The topological polar surface area (TPSA) is 70.8 Å². The first kappa shape index (κ1) is 13.5. The van der Waals surface area contributed by atoms with E-state index in [2.05, 4.69) is 9.15 Å². The van der Waals surface area contributed by atoms with Crippen molar-refractivity contribution in [2.24, 2.45) is 5.90 Å². The standard InChI is InChI=1S/C8H16NO4P/c1-3-4-5-6-7-8-12-14(10,11-2)13-9/h4-7H,3,8-9H2,1-2H3/b5-4-,7-6-. The minimum Gasteiger partial charge on any atom is -0.289 e. The van der Waals surface area contributed by atoms with E-state index in [-0.39, 0.29) is 6.61 Å². The van der Waals surface area contributed by atoms with Gasteiger partial charge in [0, 0.05) is 7.11 Å². The summed E-state index contributed by atoms with van der Waals surface area (Å²) < 4.78 is 24.5. The van der Waals surface area contributed by atoms with E-state index >= 15 is 0 Å². The number of phosphoric acid groups is 1. The fourth-order valence-corrected chi connectivity index (χ4v) is 1.13.